The van der Waals surface area contributed by atoms with Crippen molar-refractivity contribution in [3.63, 3.8) is 0 Å². The Morgan fingerprint density at radius 1 is 1.10 bits per heavy atom. The first-order valence-corrected chi connectivity index (χ1v) is 7.60. The first-order chi connectivity index (χ1) is 9.36. The quantitative estimate of drug-likeness (QED) is 0.896. The van der Waals surface area contributed by atoms with Crippen molar-refractivity contribution in [1.82, 2.24) is 4.98 Å². The Labute approximate surface area is 125 Å². The predicted octanol–water partition coefficient (Wildman–Crippen LogP) is 4.58. The molecule has 2 nitrogen and oxygen atoms in total. The Morgan fingerprint density at radius 2 is 1.75 bits per heavy atom. The van der Waals surface area contributed by atoms with Crippen LogP contribution in [0.2, 0.25) is 0 Å². The van der Waals surface area contributed by atoms with Gasteiger partial charge in [0.1, 0.15) is 5.03 Å². The summed E-state index contributed by atoms with van der Waals surface area (Å²) in [7, 11) is 0. The Balaban J connectivity index is 2.16. The fourth-order valence-electron chi connectivity index (χ4n) is 1.88. The van der Waals surface area contributed by atoms with Crippen molar-refractivity contribution < 1.29 is 5.11 Å². The van der Waals surface area contributed by atoms with Gasteiger partial charge < -0.3 is 5.11 Å². The summed E-state index contributed by atoms with van der Waals surface area (Å²) in [4.78, 5) is 5.50. The third-order valence-corrected chi connectivity index (χ3v) is 4.12. The molecule has 0 spiro atoms. The van der Waals surface area contributed by atoms with E-state index in [1.807, 2.05) is 12.1 Å². The maximum Gasteiger partial charge on any atom is 0.101 e. The van der Waals surface area contributed by atoms with Gasteiger partial charge in [-0.05, 0) is 47.7 Å². The lowest BCUT2D eigenvalue weighted by Gasteiger charge is -2.19. The average molecular weight is 287 g/mol. The van der Waals surface area contributed by atoms with E-state index < -0.39 is 6.10 Å². The standard InChI is InChI=1S/C17H21NOS/c1-12(19)13-9-10-18-16(11-13)20-15-7-5-14(6-8-15)17(2,3)4/h5-12,19H,1-4H3. The molecule has 2 aromatic rings. The van der Waals surface area contributed by atoms with E-state index in [0.717, 1.165) is 15.5 Å². The summed E-state index contributed by atoms with van der Waals surface area (Å²) in [5.74, 6) is 0. The van der Waals surface area contributed by atoms with Crippen LogP contribution < -0.4 is 0 Å². The van der Waals surface area contributed by atoms with Gasteiger partial charge in [-0.25, -0.2) is 4.98 Å². The Hall–Kier alpha value is -1.32. The van der Waals surface area contributed by atoms with Gasteiger partial charge in [-0.1, -0.05) is 44.7 Å². The fraction of sp³-hybridized carbons (Fsp3) is 0.353. The predicted molar refractivity (Wildman–Crippen MR) is 84.1 cm³/mol. The number of hydrogen-bond acceptors (Lipinski definition) is 3. The first-order valence-electron chi connectivity index (χ1n) is 6.79. The highest BCUT2D eigenvalue weighted by Crippen LogP contribution is 2.30. The summed E-state index contributed by atoms with van der Waals surface area (Å²) in [5, 5.41) is 10.5. The molecule has 3 heteroatoms. The summed E-state index contributed by atoms with van der Waals surface area (Å²) >= 11 is 1.62. The highest BCUT2D eigenvalue weighted by Gasteiger charge is 2.13. The number of aliphatic hydroxyl groups excluding tert-OH is 1. The normalized spacial score (nSPS) is 13.2. The van der Waals surface area contributed by atoms with E-state index in [1.54, 1.807) is 24.9 Å². The maximum atomic E-state index is 9.60. The van der Waals surface area contributed by atoms with Crippen LogP contribution in [0.4, 0.5) is 0 Å². The number of nitrogens with zero attached hydrogens (tertiary/aromatic N) is 1. The molecule has 106 valence electrons. The second-order valence-corrected chi connectivity index (χ2v) is 7.07. The molecule has 0 aliphatic carbocycles. The van der Waals surface area contributed by atoms with Gasteiger partial charge in [0.15, 0.2) is 0 Å². The molecule has 1 heterocycles. The molecule has 20 heavy (non-hydrogen) atoms. The van der Waals surface area contributed by atoms with Crippen molar-refractivity contribution in [2.75, 3.05) is 0 Å². The van der Waals surface area contributed by atoms with Gasteiger partial charge in [-0.2, -0.15) is 0 Å². The van der Waals surface area contributed by atoms with Crippen molar-refractivity contribution in [3.8, 4) is 0 Å². The van der Waals surface area contributed by atoms with Crippen LogP contribution in [0.25, 0.3) is 0 Å². The highest BCUT2D eigenvalue weighted by atomic mass is 32.2. The van der Waals surface area contributed by atoms with Crippen molar-refractivity contribution >= 4 is 11.8 Å². The zero-order valence-corrected chi connectivity index (χ0v) is 13.2. The molecule has 1 aromatic heterocycles. The number of aliphatic hydroxyl groups is 1. The van der Waals surface area contributed by atoms with Gasteiger partial charge in [0.25, 0.3) is 0 Å². The molecule has 1 unspecified atom stereocenters. The summed E-state index contributed by atoms with van der Waals surface area (Å²) in [6.45, 7) is 8.40. The van der Waals surface area contributed by atoms with Crippen LogP contribution in [-0.2, 0) is 5.41 Å². The van der Waals surface area contributed by atoms with Gasteiger partial charge in [-0.3, -0.25) is 0 Å². The molecule has 1 N–H and O–H groups in total. The van der Waals surface area contributed by atoms with E-state index in [1.165, 1.54) is 5.56 Å². The van der Waals surface area contributed by atoms with Gasteiger partial charge in [-0.15, -0.1) is 0 Å². The minimum Gasteiger partial charge on any atom is -0.389 e. The summed E-state index contributed by atoms with van der Waals surface area (Å²) in [6.07, 6.45) is 1.29. The lowest BCUT2D eigenvalue weighted by molar-refractivity contribution is 0.199. The van der Waals surface area contributed by atoms with Gasteiger partial charge in [0.2, 0.25) is 0 Å². The van der Waals surface area contributed by atoms with E-state index in [4.69, 9.17) is 0 Å². The topological polar surface area (TPSA) is 33.1 Å². The van der Waals surface area contributed by atoms with E-state index in [-0.39, 0.29) is 5.41 Å². The fourth-order valence-corrected chi connectivity index (χ4v) is 2.71. The third-order valence-electron chi connectivity index (χ3n) is 3.18. The van der Waals surface area contributed by atoms with E-state index in [9.17, 15) is 5.11 Å². The number of rotatable bonds is 3. The Bertz CT molecular complexity index is 570. The lowest BCUT2D eigenvalue weighted by Crippen LogP contribution is -2.10. The molecule has 0 aliphatic rings. The molecular formula is C17H21NOS. The van der Waals surface area contributed by atoms with Crippen LogP contribution in [0.1, 0.15) is 44.9 Å². The number of benzene rings is 1. The molecular weight excluding hydrogens is 266 g/mol. The van der Waals surface area contributed by atoms with E-state index >= 15 is 0 Å². The molecule has 0 radical (unpaired) electrons. The smallest absolute Gasteiger partial charge is 0.101 e. The number of pyridine rings is 1. The summed E-state index contributed by atoms with van der Waals surface area (Å²) in [5.41, 5.74) is 2.40. The van der Waals surface area contributed by atoms with Crippen LogP contribution in [-0.4, -0.2) is 10.1 Å². The zero-order valence-electron chi connectivity index (χ0n) is 12.4. The molecule has 1 atom stereocenters. The molecule has 0 saturated carbocycles. The minimum absolute atomic E-state index is 0.174. The van der Waals surface area contributed by atoms with Gasteiger partial charge in [0, 0.05) is 11.1 Å². The Kier molecular flexibility index (Phi) is 4.51. The van der Waals surface area contributed by atoms with Crippen molar-refractivity contribution in [1.29, 1.82) is 0 Å². The van der Waals surface area contributed by atoms with Crippen molar-refractivity contribution in [3.05, 3.63) is 53.7 Å². The second-order valence-electron chi connectivity index (χ2n) is 5.98. The molecule has 0 bridgehead atoms. The average Bonchev–Trinajstić information content (AvgIpc) is 2.38. The van der Waals surface area contributed by atoms with E-state index in [2.05, 4.69) is 50.0 Å². The lowest BCUT2D eigenvalue weighted by atomic mass is 9.87. The summed E-state index contributed by atoms with van der Waals surface area (Å²) in [6, 6.07) is 12.4. The Morgan fingerprint density at radius 3 is 2.30 bits per heavy atom. The van der Waals surface area contributed by atoms with E-state index in [0.29, 0.717) is 0 Å². The van der Waals surface area contributed by atoms with Crippen LogP contribution in [0.5, 0.6) is 0 Å². The van der Waals surface area contributed by atoms with Crippen LogP contribution >= 0.6 is 11.8 Å². The molecule has 0 fully saturated rings. The molecule has 0 amide bonds. The second kappa shape index (κ2) is 5.98. The van der Waals surface area contributed by atoms with Crippen molar-refractivity contribution in [2.24, 2.45) is 0 Å². The van der Waals surface area contributed by atoms with Gasteiger partial charge in [0.05, 0.1) is 6.10 Å². The first kappa shape index (κ1) is 15.1. The molecule has 2 rings (SSSR count). The summed E-state index contributed by atoms with van der Waals surface area (Å²) < 4.78 is 0. The third kappa shape index (κ3) is 3.84. The van der Waals surface area contributed by atoms with Gasteiger partial charge >= 0.3 is 0 Å². The van der Waals surface area contributed by atoms with Crippen molar-refractivity contribution in [2.45, 2.75) is 49.1 Å². The molecule has 0 aliphatic heterocycles. The minimum atomic E-state index is -0.458. The van der Waals surface area contributed by atoms with Crippen LogP contribution in [0.15, 0.2) is 52.5 Å². The maximum absolute atomic E-state index is 9.60. The highest BCUT2D eigenvalue weighted by molar-refractivity contribution is 7.99. The monoisotopic (exact) mass is 287 g/mol. The molecule has 1 aromatic carbocycles. The SMILES string of the molecule is CC(O)c1ccnc(Sc2ccc(C(C)(C)C)cc2)c1. The zero-order chi connectivity index (χ0) is 14.8. The number of hydrogen-bond donors (Lipinski definition) is 1. The number of aromatic nitrogens is 1. The largest absolute Gasteiger partial charge is 0.389 e. The van der Waals surface area contributed by atoms with Crippen LogP contribution in [0.3, 0.4) is 0 Å². The van der Waals surface area contributed by atoms with Crippen LogP contribution in [0, 0.1) is 0 Å². The molecule has 0 saturated heterocycles.